The highest BCUT2D eigenvalue weighted by Gasteiger charge is 2.33. The van der Waals surface area contributed by atoms with Crippen molar-refractivity contribution in [3.63, 3.8) is 0 Å². The van der Waals surface area contributed by atoms with E-state index in [2.05, 4.69) is 4.98 Å². The molecule has 134 valence electrons. The van der Waals surface area contributed by atoms with E-state index in [9.17, 15) is 18.0 Å². The molecule has 0 saturated heterocycles. The number of para-hydroxylation sites is 1. The van der Waals surface area contributed by atoms with Gasteiger partial charge in [0.2, 0.25) is 0 Å². The van der Waals surface area contributed by atoms with E-state index in [1.807, 2.05) is 30.3 Å². The standard InChI is InChI=1S/C19H16F3N3O/c1-24(12-14-7-5-6-10-16(14)19(20,21)22)18(26)17-11-23-13-25(17)15-8-3-2-4-9-15/h2-11,13H,12H2,1H3. The van der Waals surface area contributed by atoms with Crippen LogP contribution >= 0.6 is 0 Å². The zero-order chi connectivity index (χ0) is 18.7. The highest BCUT2D eigenvalue weighted by atomic mass is 19.4. The van der Waals surface area contributed by atoms with Gasteiger partial charge in [0.05, 0.1) is 18.1 Å². The third kappa shape index (κ3) is 3.61. The van der Waals surface area contributed by atoms with Crippen molar-refractivity contribution in [2.75, 3.05) is 7.05 Å². The molecular formula is C19H16F3N3O. The fourth-order valence-electron chi connectivity index (χ4n) is 2.71. The zero-order valence-corrected chi connectivity index (χ0v) is 13.9. The average molecular weight is 359 g/mol. The number of halogens is 3. The van der Waals surface area contributed by atoms with Crippen molar-refractivity contribution < 1.29 is 18.0 Å². The van der Waals surface area contributed by atoms with E-state index in [0.717, 1.165) is 11.8 Å². The molecule has 1 heterocycles. The number of alkyl halides is 3. The van der Waals surface area contributed by atoms with Gasteiger partial charge in [0.25, 0.3) is 5.91 Å². The topological polar surface area (TPSA) is 38.1 Å². The van der Waals surface area contributed by atoms with E-state index in [4.69, 9.17) is 0 Å². The minimum Gasteiger partial charge on any atom is -0.336 e. The second-order valence-electron chi connectivity index (χ2n) is 5.80. The van der Waals surface area contributed by atoms with Crippen LogP contribution in [-0.4, -0.2) is 27.4 Å². The fourth-order valence-corrected chi connectivity index (χ4v) is 2.71. The Kier molecular flexibility index (Phi) is 4.79. The van der Waals surface area contributed by atoms with Crippen LogP contribution in [0.25, 0.3) is 5.69 Å². The lowest BCUT2D eigenvalue weighted by Gasteiger charge is -2.20. The van der Waals surface area contributed by atoms with Gasteiger partial charge in [0.1, 0.15) is 5.69 Å². The monoisotopic (exact) mass is 359 g/mol. The normalized spacial score (nSPS) is 11.4. The number of imidazole rings is 1. The van der Waals surface area contributed by atoms with Crippen molar-refractivity contribution in [3.8, 4) is 5.69 Å². The second-order valence-corrected chi connectivity index (χ2v) is 5.80. The van der Waals surface area contributed by atoms with Gasteiger partial charge in [-0.25, -0.2) is 4.98 Å². The summed E-state index contributed by atoms with van der Waals surface area (Å²) in [6, 6.07) is 14.4. The van der Waals surface area contributed by atoms with E-state index >= 15 is 0 Å². The van der Waals surface area contributed by atoms with Crippen LogP contribution in [0.3, 0.4) is 0 Å². The van der Waals surface area contributed by atoms with Crippen molar-refractivity contribution in [1.29, 1.82) is 0 Å². The Labute approximate surface area is 148 Å². The number of hydrogen-bond acceptors (Lipinski definition) is 2. The number of nitrogens with zero attached hydrogens (tertiary/aromatic N) is 3. The lowest BCUT2D eigenvalue weighted by atomic mass is 10.1. The molecule has 0 atom stereocenters. The molecule has 0 aliphatic heterocycles. The molecule has 1 amide bonds. The van der Waals surface area contributed by atoms with E-state index in [-0.39, 0.29) is 17.8 Å². The molecule has 0 fully saturated rings. The molecule has 1 aromatic heterocycles. The van der Waals surface area contributed by atoms with Gasteiger partial charge in [-0.3, -0.25) is 9.36 Å². The molecular weight excluding hydrogens is 343 g/mol. The van der Waals surface area contributed by atoms with Crippen LogP contribution < -0.4 is 0 Å². The van der Waals surface area contributed by atoms with Crippen LogP contribution in [0.15, 0.2) is 67.1 Å². The van der Waals surface area contributed by atoms with Crippen LogP contribution in [0.4, 0.5) is 13.2 Å². The van der Waals surface area contributed by atoms with Crippen LogP contribution in [-0.2, 0) is 12.7 Å². The molecule has 0 saturated carbocycles. The maximum atomic E-state index is 13.1. The van der Waals surface area contributed by atoms with Gasteiger partial charge in [0, 0.05) is 19.3 Å². The molecule has 7 heteroatoms. The number of rotatable bonds is 4. The van der Waals surface area contributed by atoms with Crippen LogP contribution in [0, 0.1) is 0 Å². The number of benzene rings is 2. The van der Waals surface area contributed by atoms with E-state index in [0.29, 0.717) is 0 Å². The van der Waals surface area contributed by atoms with E-state index in [1.165, 1.54) is 42.7 Å². The minimum absolute atomic E-state index is 0.0432. The van der Waals surface area contributed by atoms with Gasteiger partial charge in [-0.15, -0.1) is 0 Å². The summed E-state index contributed by atoms with van der Waals surface area (Å²) in [5.74, 6) is -0.414. The van der Waals surface area contributed by atoms with Crippen molar-refractivity contribution in [2.45, 2.75) is 12.7 Å². The molecule has 0 aliphatic rings. The molecule has 0 aliphatic carbocycles. The maximum Gasteiger partial charge on any atom is 0.416 e. The molecule has 0 unspecified atom stereocenters. The highest BCUT2D eigenvalue weighted by Crippen LogP contribution is 2.32. The number of carbonyl (C=O) groups is 1. The molecule has 3 rings (SSSR count). The minimum atomic E-state index is -4.47. The van der Waals surface area contributed by atoms with Crippen molar-refractivity contribution >= 4 is 5.91 Å². The van der Waals surface area contributed by atoms with Gasteiger partial charge in [0.15, 0.2) is 0 Å². The van der Waals surface area contributed by atoms with Gasteiger partial charge in [-0.05, 0) is 23.8 Å². The number of aromatic nitrogens is 2. The SMILES string of the molecule is CN(Cc1ccccc1C(F)(F)F)C(=O)c1cncn1-c1ccccc1. The molecule has 0 N–H and O–H groups in total. The van der Waals surface area contributed by atoms with Gasteiger partial charge in [-0.1, -0.05) is 36.4 Å². The summed E-state index contributed by atoms with van der Waals surface area (Å²) in [6.45, 7) is -0.158. The summed E-state index contributed by atoms with van der Waals surface area (Å²) in [5.41, 5.74) is 0.332. The first-order valence-corrected chi connectivity index (χ1v) is 7.86. The molecule has 0 spiro atoms. The van der Waals surface area contributed by atoms with Crippen LogP contribution in [0.1, 0.15) is 21.6 Å². The summed E-state index contributed by atoms with van der Waals surface area (Å²) in [5, 5.41) is 0. The summed E-state index contributed by atoms with van der Waals surface area (Å²) in [6.07, 6.45) is -1.56. The third-order valence-corrected chi connectivity index (χ3v) is 3.97. The number of amides is 1. The molecule has 4 nitrogen and oxygen atoms in total. The molecule has 2 aromatic carbocycles. The maximum absolute atomic E-state index is 13.1. The largest absolute Gasteiger partial charge is 0.416 e. The predicted molar refractivity (Wildman–Crippen MR) is 90.8 cm³/mol. The smallest absolute Gasteiger partial charge is 0.336 e. The molecule has 0 bridgehead atoms. The van der Waals surface area contributed by atoms with Gasteiger partial charge in [-0.2, -0.15) is 13.2 Å². The van der Waals surface area contributed by atoms with E-state index < -0.39 is 17.6 Å². The first-order valence-electron chi connectivity index (χ1n) is 7.86. The second kappa shape index (κ2) is 7.03. The van der Waals surface area contributed by atoms with Crippen molar-refractivity contribution in [2.24, 2.45) is 0 Å². The van der Waals surface area contributed by atoms with Crippen molar-refractivity contribution in [1.82, 2.24) is 14.5 Å². The van der Waals surface area contributed by atoms with Crippen molar-refractivity contribution in [3.05, 3.63) is 83.9 Å². The number of hydrogen-bond donors (Lipinski definition) is 0. The Morgan fingerprint density at radius 1 is 1.08 bits per heavy atom. The zero-order valence-electron chi connectivity index (χ0n) is 13.9. The lowest BCUT2D eigenvalue weighted by molar-refractivity contribution is -0.138. The molecule has 0 radical (unpaired) electrons. The molecule has 26 heavy (non-hydrogen) atoms. The van der Waals surface area contributed by atoms with Crippen LogP contribution in [0.2, 0.25) is 0 Å². The number of carbonyl (C=O) groups excluding carboxylic acids is 1. The summed E-state index contributed by atoms with van der Waals surface area (Å²) in [4.78, 5) is 18.0. The lowest BCUT2D eigenvalue weighted by Crippen LogP contribution is -2.29. The Hall–Kier alpha value is -3.09. The summed E-state index contributed by atoms with van der Waals surface area (Å²) in [7, 11) is 1.47. The van der Waals surface area contributed by atoms with Gasteiger partial charge >= 0.3 is 6.18 Å². The Morgan fingerprint density at radius 2 is 1.73 bits per heavy atom. The average Bonchev–Trinajstić information content (AvgIpc) is 3.11. The quantitative estimate of drug-likeness (QED) is 0.701. The van der Waals surface area contributed by atoms with Gasteiger partial charge < -0.3 is 4.90 Å². The Balaban J connectivity index is 1.86. The Bertz CT molecular complexity index is 904. The third-order valence-electron chi connectivity index (χ3n) is 3.97. The van der Waals surface area contributed by atoms with Crippen LogP contribution in [0.5, 0.6) is 0 Å². The summed E-state index contributed by atoms with van der Waals surface area (Å²) >= 11 is 0. The highest BCUT2D eigenvalue weighted by molar-refractivity contribution is 5.92. The molecule has 3 aromatic rings. The summed E-state index contributed by atoms with van der Waals surface area (Å²) < 4.78 is 41.0. The first kappa shape index (κ1) is 17.7. The fraction of sp³-hybridized carbons (Fsp3) is 0.158. The van der Waals surface area contributed by atoms with E-state index in [1.54, 1.807) is 4.57 Å². The first-order chi connectivity index (χ1) is 12.4. The predicted octanol–water partition coefficient (Wildman–Crippen LogP) is 4.16. The Morgan fingerprint density at radius 3 is 2.42 bits per heavy atom.